The molecule has 3 rings (SSSR count). The van der Waals surface area contributed by atoms with Gasteiger partial charge in [0.2, 0.25) is 0 Å². The van der Waals surface area contributed by atoms with Crippen LogP contribution in [-0.4, -0.2) is 54.8 Å². The lowest BCUT2D eigenvalue weighted by Gasteiger charge is -2.29. The highest BCUT2D eigenvalue weighted by atomic mass is 16.5. The molecule has 2 saturated heterocycles. The van der Waals surface area contributed by atoms with E-state index in [-0.39, 0.29) is 5.91 Å². The van der Waals surface area contributed by atoms with Gasteiger partial charge >= 0.3 is 0 Å². The first kappa shape index (κ1) is 15.4. The maximum absolute atomic E-state index is 13.0. The Hall–Kier alpha value is -1.49. The van der Waals surface area contributed by atoms with Crippen molar-refractivity contribution in [2.45, 2.75) is 40.2 Å². The first-order valence-electron chi connectivity index (χ1n) is 8.46. The molecular formula is C17H27N3O2. The number of ether oxygens (including phenoxy) is 1. The molecule has 1 aromatic heterocycles. The van der Waals surface area contributed by atoms with E-state index in [0.29, 0.717) is 0 Å². The molecule has 0 radical (unpaired) electrons. The van der Waals surface area contributed by atoms with Crippen molar-refractivity contribution < 1.29 is 9.53 Å². The van der Waals surface area contributed by atoms with Crippen LogP contribution in [0.1, 0.15) is 41.5 Å². The smallest absolute Gasteiger partial charge is 0.270 e. The van der Waals surface area contributed by atoms with Gasteiger partial charge in [-0.05, 0) is 33.6 Å². The molecule has 0 unspecified atom stereocenters. The Morgan fingerprint density at radius 1 is 1.09 bits per heavy atom. The Bertz CT molecular complexity index is 553. The molecule has 1 amide bonds. The number of likely N-dealkylation sites (tertiary alicyclic amines) is 1. The molecule has 5 heteroatoms. The first-order valence-corrected chi connectivity index (χ1v) is 8.46. The van der Waals surface area contributed by atoms with Crippen LogP contribution in [0.4, 0.5) is 5.69 Å². The van der Waals surface area contributed by atoms with E-state index in [2.05, 4.69) is 30.2 Å². The Balaban J connectivity index is 2.00. The number of hydrogen-bond acceptors (Lipinski definition) is 3. The third kappa shape index (κ3) is 2.51. The van der Waals surface area contributed by atoms with Gasteiger partial charge in [-0.15, -0.1) is 0 Å². The highest BCUT2D eigenvalue weighted by molar-refractivity contribution is 5.96. The second-order valence-corrected chi connectivity index (χ2v) is 6.25. The van der Waals surface area contributed by atoms with E-state index in [4.69, 9.17) is 4.74 Å². The van der Waals surface area contributed by atoms with Gasteiger partial charge in [-0.2, -0.15) is 0 Å². The van der Waals surface area contributed by atoms with Crippen LogP contribution in [0, 0.1) is 13.8 Å². The van der Waals surface area contributed by atoms with E-state index in [1.807, 2.05) is 4.90 Å². The molecular weight excluding hydrogens is 278 g/mol. The predicted octanol–water partition coefficient (Wildman–Crippen LogP) is 2.20. The second-order valence-electron chi connectivity index (χ2n) is 6.25. The number of hydrogen-bond donors (Lipinski definition) is 0. The molecule has 0 aliphatic carbocycles. The van der Waals surface area contributed by atoms with Crippen LogP contribution in [0.15, 0.2) is 0 Å². The molecule has 1 aromatic rings. The van der Waals surface area contributed by atoms with Crippen LogP contribution in [0.25, 0.3) is 0 Å². The largest absolute Gasteiger partial charge is 0.378 e. The lowest BCUT2D eigenvalue weighted by molar-refractivity contribution is 0.0781. The van der Waals surface area contributed by atoms with E-state index in [9.17, 15) is 4.79 Å². The molecule has 0 spiro atoms. The fraction of sp³-hybridized carbons (Fsp3) is 0.706. The van der Waals surface area contributed by atoms with Crippen molar-refractivity contribution in [3.63, 3.8) is 0 Å². The average Bonchev–Trinajstić information content (AvgIpc) is 3.14. The van der Waals surface area contributed by atoms with Gasteiger partial charge in [0.1, 0.15) is 5.69 Å². The Morgan fingerprint density at radius 3 is 2.32 bits per heavy atom. The zero-order chi connectivity index (χ0) is 15.7. The van der Waals surface area contributed by atoms with Crippen LogP contribution in [0.5, 0.6) is 0 Å². The minimum absolute atomic E-state index is 0.208. The fourth-order valence-corrected chi connectivity index (χ4v) is 3.88. The number of anilines is 1. The molecule has 0 bridgehead atoms. The van der Waals surface area contributed by atoms with Crippen LogP contribution >= 0.6 is 0 Å². The van der Waals surface area contributed by atoms with Crippen molar-refractivity contribution in [2.75, 3.05) is 44.3 Å². The monoisotopic (exact) mass is 305 g/mol. The lowest BCUT2D eigenvalue weighted by atomic mass is 10.1. The number of aromatic nitrogens is 1. The zero-order valence-corrected chi connectivity index (χ0v) is 14.0. The Kier molecular flexibility index (Phi) is 4.43. The fourth-order valence-electron chi connectivity index (χ4n) is 3.88. The summed E-state index contributed by atoms with van der Waals surface area (Å²) in [5.41, 5.74) is 4.48. The molecule has 0 atom stereocenters. The molecule has 122 valence electrons. The summed E-state index contributed by atoms with van der Waals surface area (Å²) in [4.78, 5) is 17.3. The van der Waals surface area contributed by atoms with Gasteiger partial charge in [-0.25, -0.2) is 0 Å². The molecule has 0 saturated carbocycles. The number of nitrogens with zero attached hydrogens (tertiary/aromatic N) is 3. The maximum Gasteiger partial charge on any atom is 0.270 e. The highest BCUT2D eigenvalue weighted by Crippen LogP contribution is 2.32. The minimum Gasteiger partial charge on any atom is -0.378 e. The zero-order valence-electron chi connectivity index (χ0n) is 14.0. The lowest BCUT2D eigenvalue weighted by Crippen LogP contribution is -2.36. The van der Waals surface area contributed by atoms with Crippen molar-refractivity contribution in [2.24, 2.45) is 0 Å². The summed E-state index contributed by atoms with van der Waals surface area (Å²) in [7, 11) is 0. The summed E-state index contributed by atoms with van der Waals surface area (Å²) in [5.74, 6) is 0.208. The third-order valence-corrected chi connectivity index (χ3v) is 4.97. The molecule has 22 heavy (non-hydrogen) atoms. The number of rotatable bonds is 3. The van der Waals surface area contributed by atoms with Gasteiger partial charge in [0.15, 0.2) is 0 Å². The van der Waals surface area contributed by atoms with E-state index in [1.54, 1.807) is 0 Å². The van der Waals surface area contributed by atoms with Gasteiger partial charge in [-0.1, -0.05) is 0 Å². The Morgan fingerprint density at radius 2 is 1.73 bits per heavy atom. The van der Waals surface area contributed by atoms with Gasteiger partial charge in [-0.3, -0.25) is 4.79 Å². The molecule has 0 N–H and O–H groups in total. The predicted molar refractivity (Wildman–Crippen MR) is 87.7 cm³/mol. The van der Waals surface area contributed by atoms with Gasteiger partial charge in [0.05, 0.1) is 18.9 Å². The normalized spacial score (nSPS) is 19.0. The van der Waals surface area contributed by atoms with Crippen molar-refractivity contribution in [1.29, 1.82) is 0 Å². The van der Waals surface area contributed by atoms with Gasteiger partial charge < -0.3 is 19.1 Å². The van der Waals surface area contributed by atoms with Crippen molar-refractivity contribution in [1.82, 2.24) is 9.47 Å². The highest BCUT2D eigenvalue weighted by Gasteiger charge is 2.29. The van der Waals surface area contributed by atoms with Crippen LogP contribution in [-0.2, 0) is 11.3 Å². The summed E-state index contributed by atoms with van der Waals surface area (Å²) >= 11 is 0. The number of amides is 1. The summed E-state index contributed by atoms with van der Waals surface area (Å²) < 4.78 is 7.66. The van der Waals surface area contributed by atoms with E-state index < -0.39 is 0 Å². The maximum atomic E-state index is 13.0. The third-order valence-electron chi connectivity index (χ3n) is 4.97. The molecule has 0 aromatic carbocycles. The van der Waals surface area contributed by atoms with Crippen LogP contribution in [0.3, 0.4) is 0 Å². The SMILES string of the molecule is CCn1c(C)c(N2CCOCC2)c(C)c1C(=O)N1CCCC1. The molecule has 2 aliphatic rings. The van der Waals surface area contributed by atoms with Crippen molar-refractivity contribution >= 4 is 11.6 Å². The Labute approximate surface area is 132 Å². The second kappa shape index (κ2) is 6.32. The summed E-state index contributed by atoms with van der Waals surface area (Å²) in [6, 6.07) is 0. The number of carbonyl (C=O) groups is 1. The van der Waals surface area contributed by atoms with Crippen molar-refractivity contribution in [3.05, 3.63) is 17.0 Å². The standard InChI is InChI=1S/C17H27N3O2/c1-4-20-14(3)15(18-9-11-22-12-10-18)13(2)16(20)17(21)19-7-5-6-8-19/h4-12H2,1-3H3. The molecule has 5 nitrogen and oxygen atoms in total. The van der Waals surface area contributed by atoms with Gasteiger partial charge in [0, 0.05) is 44.0 Å². The quantitative estimate of drug-likeness (QED) is 0.859. The molecule has 2 aliphatic heterocycles. The first-order chi connectivity index (χ1) is 10.6. The van der Waals surface area contributed by atoms with Gasteiger partial charge in [0.25, 0.3) is 5.91 Å². The van der Waals surface area contributed by atoms with E-state index in [1.165, 1.54) is 11.4 Å². The topological polar surface area (TPSA) is 37.7 Å². The van der Waals surface area contributed by atoms with Crippen molar-refractivity contribution in [3.8, 4) is 0 Å². The summed E-state index contributed by atoms with van der Waals surface area (Å²) in [5, 5.41) is 0. The number of carbonyl (C=O) groups excluding carboxylic acids is 1. The van der Waals surface area contributed by atoms with E-state index >= 15 is 0 Å². The van der Waals surface area contributed by atoms with E-state index in [0.717, 1.165) is 70.0 Å². The number of morpholine rings is 1. The average molecular weight is 305 g/mol. The van der Waals surface area contributed by atoms with Crippen LogP contribution in [0.2, 0.25) is 0 Å². The molecule has 2 fully saturated rings. The molecule has 3 heterocycles. The van der Waals surface area contributed by atoms with Crippen LogP contribution < -0.4 is 4.90 Å². The minimum atomic E-state index is 0.208. The summed E-state index contributed by atoms with van der Waals surface area (Å²) in [6.45, 7) is 12.4. The summed E-state index contributed by atoms with van der Waals surface area (Å²) in [6.07, 6.45) is 2.26.